The van der Waals surface area contributed by atoms with Crippen molar-refractivity contribution in [2.24, 2.45) is 7.05 Å². The standard InChI is InChI=1S/C26H26FIN5O5P/c1-14-22-21(23(31(3)24(14)34)30-20-10-7-16(28)12-19(20)27)25(35)33(17-8-9-17)26(36)32(22)18-6-4-5-15(11-18)13-39(37,38)29-2/h4-7,10-12,17,30H,8-9,13H2,1-3H3,(H2,29,37,38). The molecule has 1 unspecified atom stereocenters. The Morgan fingerprint density at radius 3 is 2.49 bits per heavy atom. The first kappa shape index (κ1) is 27.5. The lowest BCUT2D eigenvalue weighted by molar-refractivity contribution is 0.467. The van der Waals surface area contributed by atoms with E-state index in [-0.39, 0.29) is 40.2 Å². The van der Waals surface area contributed by atoms with Crippen molar-refractivity contribution in [3.63, 3.8) is 0 Å². The Bertz CT molecular complexity index is 1880. The summed E-state index contributed by atoms with van der Waals surface area (Å²) in [5, 5.41) is 5.40. The molecule has 0 radical (unpaired) electrons. The van der Waals surface area contributed by atoms with Crippen molar-refractivity contribution in [3.05, 3.63) is 94.2 Å². The molecule has 204 valence electrons. The van der Waals surface area contributed by atoms with Crippen LogP contribution in [0, 0.1) is 16.3 Å². The number of halogens is 2. The van der Waals surface area contributed by atoms with Crippen LogP contribution >= 0.6 is 30.1 Å². The molecule has 0 aliphatic heterocycles. The number of aryl methyl sites for hydroxylation is 1. The Hall–Kier alpha value is -3.06. The monoisotopic (exact) mass is 665 g/mol. The molecular formula is C26H26FIN5O5P. The normalized spacial score (nSPS) is 14.9. The number of benzene rings is 2. The third-order valence-corrected chi connectivity index (χ3v) is 9.02. The summed E-state index contributed by atoms with van der Waals surface area (Å²) in [5.74, 6) is -0.510. The van der Waals surface area contributed by atoms with Crippen molar-refractivity contribution in [2.75, 3.05) is 12.4 Å². The second-order valence-electron chi connectivity index (χ2n) is 9.59. The highest BCUT2D eigenvalue weighted by atomic mass is 127. The summed E-state index contributed by atoms with van der Waals surface area (Å²) in [7, 11) is -0.792. The van der Waals surface area contributed by atoms with Gasteiger partial charge in [0, 0.05) is 22.2 Å². The Kier molecular flexibility index (Phi) is 7.17. The quantitative estimate of drug-likeness (QED) is 0.202. The van der Waals surface area contributed by atoms with E-state index in [2.05, 4.69) is 10.4 Å². The first-order chi connectivity index (χ1) is 18.4. The molecule has 3 N–H and O–H groups in total. The lowest BCUT2D eigenvalue weighted by Gasteiger charge is -2.21. The van der Waals surface area contributed by atoms with Gasteiger partial charge in [0.1, 0.15) is 17.0 Å². The van der Waals surface area contributed by atoms with Crippen LogP contribution < -0.4 is 27.2 Å². The van der Waals surface area contributed by atoms with E-state index >= 15 is 0 Å². The fourth-order valence-corrected chi connectivity index (χ4v) is 6.00. The van der Waals surface area contributed by atoms with Gasteiger partial charge in [-0.25, -0.2) is 14.3 Å². The number of hydrogen-bond donors (Lipinski definition) is 3. The van der Waals surface area contributed by atoms with Gasteiger partial charge < -0.3 is 10.2 Å². The van der Waals surface area contributed by atoms with Crippen LogP contribution in [0.1, 0.15) is 30.0 Å². The largest absolute Gasteiger partial charge is 0.338 e. The Morgan fingerprint density at radius 2 is 1.85 bits per heavy atom. The van der Waals surface area contributed by atoms with Crippen molar-refractivity contribution in [1.82, 2.24) is 18.8 Å². The summed E-state index contributed by atoms with van der Waals surface area (Å²) in [6.07, 6.45) is 1.11. The van der Waals surface area contributed by atoms with Crippen LogP contribution in [0.15, 0.2) is 56.8 Å². The van der Waals surface area contributed by atoms with Crippen molar-refractivity contribution in [3.8, 4) is 5.69 Å². The maximum absolute atomic E-state index is 14.8. The van der Waals surface area contributed by atoms with Crippen LogP contribution in [-0.4, -0.2) is 25.6 Å². The zero-order valence-corrected chi connectivity index (χ0v) is 24.4. The summed E-state index contributed by atoms with van der Waals surface area (Å²) in [5.41, 5.74) is -0.531. The summed E-state index contributed by atoms with van der Waals surface area (Å²) >= 11 is 1.98. The zero-order chi connectivity index (χ0) is 28.2. The van der Waals surface area contributed by atoms with Crippen molar-refractivity contribution in [1.29, 1.82) is 0 Å². The first-order valence-electron chi connectivity index (χ1n) is 12.2. The summed E-state index contributed by atoms with van der Waals surface area (Å²) in [4.78, 5) is 51.3. The van der Waals surface area contributed by atoms with Crippen LogP contribution in [0.3, 0.4) is 0 Å². The number of nitrogens with zero attached hydrogens (tertiary/aromatic N) is 3. The number of fused-ring (bicyclic) bond motifs is 1. The van der Waals surface area contributed by atoms with Crippen LogP contribution in [0.2, 0.25) is 0 Å². The van der Waals surface area contributed by atoms with Crippen LogP contribution in [0.25, 0.3) is 16.6 Å². The van der Waals surface area contributed by atoms with E-state index in [1.54, 1.807) is 30.3 Å². The van der Waals surface area contributed by atoms with Gasteiger partial charge in [-0.2, -0.15) is 0 Å². The summed E-state index contributed by atoms with van der Waals surface area (Å²) in [6, 6.07) is 10.8. The fourth-order valence-electron chi connectivity index (χ4n) is 4.69. The Balaban J connectivity index is 1.87. The molecular weight excluding hydrogens is 639 g/mol. The average molecular weight is 665 g/mol. The highest BCUT2D eigenvalue weighted by Crippen LogP contribution is 2.39. The summed E-state index contributed by atoms with van der Waals surface area (Å²) in [6.45, 7) is 1.53. The Labute approximate surface area is 235 Å². The molecule has 10 nitrogen and oxygen atoms in total. The third kappa shape index (κ3) is 5.02. The molecule has 4 aromatic rings. The van der Waals surface area contributed by atoms with Gasteiger partial charge in [0.15, 0.2) is 0 Å². The molecule has 0 spiro atoms. The van der Waals surface area contributed by atoms with Crippen molar-refractivity contribution in [2.45, 2.75) is 32.0 Å². The van der Waals surface area contributed by atoms with E-state index in [0.717, 1.165) is 0 Å². The Morgan fingerprint density at radius 1 is 1.13 bits per heavy atom. The first-order valence-corrected chi connectivity index (χ1v) is 15.1. The number of nitrogens with one attached hydrogen (secondary N) is 2. The second-order valence-corrected chi connectivity index (χ2v) is 13.0. The van der Waals surface area contributed by atoms with E-state index in [1.165, 1.54) is 46.9 Å². The minimum Gasteiger partial charge on any atom is -0.338 e. The number of aromatic nitrogens is 3. The van der Waals surface area contributed by atoms with E-state index in [0.29, 0.717) is 27.7 Å². The average Bonchev–Trinajstić information content (AvgIpc) is 3.71. The van der Waals surface area contributed by atoms with Gasteiger partial charge >= 0.3 is 5.69 Å². The molecule has 1 fully saturated rings. The van der Waals surface area contributed by atoms with E-state index in [1.807, 2.05) is 22.6 Å². The fraction of sp³-hybridized carbons (Fsp3) is 0.269. The molecule has 0 bridgehead atoms. The summed E-state index contributed by atoms with van der Waals surface area (Å²) < 4.78 is 31.6. The predicted octanol–water partition coefficient (Wildman–Crippen LogP) is 3.89. The topological polar surface area (TPSA) is 127 Å². The van der Waals surface area contributed by atoms with Gasteiger partial charge in [-0.05, 0) is 85.3 Å². The molecule has 5 rings (SSSR count). The molecule has 1 saturated carbocycles. The number of rotatable bonds is 7. The van der Waals surface area contributed by atoms with Gasteiger partial charge in [0.2, 0.25) is 0 Å². The molecule has 0 saturated heterocycles. The molecule has 1 atom stereocenters. The molecule has 0 amide bonds. The molecule has 2 aromatic heterocycles. The SMILES string of the molecule is CNP(=O)(O)Cc1cccc(-n2c(=O)n(C3CC3)c(=O)c3c(Nc4ccc(I)cc4F)n(C)c(=O)c(C)c32)c1. The molecule has 13 heteroatoms. The third-order valence-electron chi connectivity index (χ3n) is 6.85. The molecule has 2 aromatic carbocycles. The van der Waals surface area contributed by atoms with Crippen LogP contribution in [0.4, 0.5) is 15.9 Å². The predicted molar refractivity (Wildman–Crippen MR) is 157 cm³/mol. The van der Waals surface area contributed by atoms with E-state index < -0.39 is 30.1 Å². The van der Waals surface area contributed by atoms with Gasteiger partial charge in [0.25, 0.3) is 18.6 Å². The smallest absolute Gasteiger partial charge is 0.336 e. The lowest BCUT2D eigenvalue weighted by Crippen LogP contribution is -2.41. The lowest BCUT2D eigenvalue weighted by atomic mass is 10.1. The minimum atomic E-state index is -3.66. The van der Waals surface area contributed by atoms with E-state index in [4.69, 9.17) is 0 Å². The molecule has 1 aliphatic rings. The number of anilines is 2. The van der Waals surface area contributed by atoms with Gasteiger partial charge in [-0.15, -0.1) is 0 Å². The molecule has 1 aliphatic carbocycles. The maximum Gasteiger partial charge on any atom is 0.336 e. The highest BCUT2D eigenvalue weighted by molar-refractivity contribution is 14.1. The highest BCUT2D eigenvalue weighted by Gasteiger charge is 2.31. The number of pyridine rings is 1. The molecule has 2 heterocycles. The van der Waals surface area contributed by atoms with Crippen molar-refractivity contribution < 1.29 is 13.8 Å². The van der Waals surface area contributed by atoms with E-state index in [9.17, 15) is 28.2 Å². The second kappa shape index (κ2) is 10.2. The van der Waals surface area contributed by atoms with Crippen LogP contribution in [-0.2, 0) is 17.8 Å². The number of hydrogen-bond acceptors (Lipinski definition) is 5. The van der Waals surface area contributed by atoms with Gasteiger partial charge in [-0.1, -0.05) is 12.1 Å². The maximum atomic E-state index is 14.8. The minimum absolute atomic E-state index is 0.0556. The van der Waals surface area contributed by atoms with Gasteiger partial charge in [0.05, 0.1) is 23.1 Å². The van der Waals surface area contributed by atoms with Crippen LogP contribution in [0.5, 0.6) is 0 Å². The van der Waals surface area contributed by atoms with Gasteiger partial charge in [-0.3, -0.25) is 27.9 Å². The van der Waals surface area contributed by atoms with Crippen molar-refractivity contribution >= 4 is 52.5 Å². The molecule has 39 heavy (non-hydrogen) atoms. The zero-order valence-electron chi connectivity index (χ0n) is 21.4.